The molecular weight excluding hydrogens is 342 g/mol. The quantitative estimate of drug-likeness (QED) is 0.538. The van der Waals surface area contributed by atoms with Gasteiger partial charge in [0.25, 0.3) is 0 Å². The van der Waals surface area contributed by atoms with Crippen LogP contribution in [0.1, 0.15) is 11.1 Å². The smallest absolute Gasteiger partial charge is 0.231 e. The molecule has 2 N–H and O–H groups in total. The van der Waals surface area contributed by atoms with Crippen LogP contribution in [0, 0.1) is 0 Å². The summed E-state index contributed by atoms with van der Waals surface area (Å²) in [6.07, 6.45) is 3.70. The van der Waals surface area contributed by atoms with Crippen LogP contribution in [0.25, 0.3) is 5.69 Å². The first-order valence-electron chi connectivity index (χ1n) is 8.74. The second-order valence-corrected chi connectivity index (χ2v) is 6.09. The molecule has 3 aromatic rings. The van der Waals surface area contributed by atoms with Crippen LogP contribution in [-0.2, 0) is 13.1 Å². The Balaban J connectivity index is 1.34. The Labute approximate surface area is 157 Å². The van der Waals surface area contributed by atoms with E-state index in [2.05, 4.69) is 32.9 Å². The third-order valence-corrected chi connectivity index (χ3v) is 4.26. The van der Waals surface area contributed by atoms with Crippen LogP contribution in [0.3, 0.4) is 0 Å². The number of ether oxygens (including phenoxy) is 2. The minimum Gasteiger partial charge on any atom is -0.454 e. The summed E-state index contributed by atoms with van der Waals surface area (Å²) in [5, 5.41) is 10.9. The molecule has 0 unspecified atom stereocenters. The van der Waals surface area contributed by atoms with Gasteiger partial charge >= 0.3 is 0 Å². The summed E-state index contributed by atoms with van der Waals surface area (Å²) < 4.78 is 12.6. The number of aromatic nitrogens is 2. The van der Waals surface area contributed by atoms with E-state index in [-0.39, 0.29) is 6.79 Å². The summed E-state index contributed by atoms with van der Waals surface area (Å²) in [7, 11) is 1.76. The Morgan fingerprint density at radius 2 is 1.85 bits per heavy atom. The van der Waals surface area contributed by atoms with Crippen LogP contribution >= 0.6 is 0 Å². The largest absolute Gasteiger partial charge is 0.454 e. The molecule has 4 rings (SSSR count). The molecule has 7 nitrogen and oxygen atoms in total. The van der Waals surface area contributed by atoms with Gasteiger partial charge in [-0.2, -0.15) is 5.10 Å². The van der Waals surface area contributed by atoms with Crippen molar-refractivity contribution in [3.8, 4) is 17.2 Å². The molecule has 1 aliphatic heterocycles. The van der Waals surface area contributed by atoms with E-state index in [1.165, 1.54) is 0 Å². The molecule has 0 radical (unpaired) electrons. The summed E-state index contributed by atoms with van der Waals surface area (Å²) in [4.78, 5) is 4.28. The van der Waals surface area contributed by atoms with Gasteiger partial charge in [-0.15, -0.1) is 0 Å². The van der Waals surface area contributed by atoms with Crippen molar-refractivity contribution in [2.45, 2.75) is 13.1 Å². The zero-order chi connectivity index (χ0) is 18.5. The average molecular weight is 363 g/mol. The lowest BCUT2D eigenvalue weighted by Gasteiger charge is -2.13. The van der Waals surface area contributed by atoms with Gasteiger partial charge < -0.3 is 20.1 Å². The normalized spacial score (nSPS) is 12.9. The monoisotopic (exact) mass is 363 g/mol. The van der Waals surface area contributed by atoms with Gasteiger partial charge in [0, 0.05) is 32.5 Å². The lowest BCUT2D eigenvalue weighted by atomic mass is 10.2. The van der Waals surface area contributed by atoms with Gasteiger partial charge in [0.1, 0.15) is 0 Å². The van der Waals surface area contributed by atoms with Crippen LogP contribution in [-0.4, -0.2) is 29.6 Å². The van der Waals surface area contributed by atoms with E-state index in [0.29, 0.717) is 13.1 Å². The first-order chi connectivity index (χ1) is 13.3. The molecule has 7 heteroatoms. The first-order valence-corrected chi connectivity index (χ1v) is 8.74. The number of rotatable bonds is 5. The molecule has 0 spiro atoms. The molecule has 27 heavy (non-hydrogen) atoms. The topological polar surface area (TPSA) is 72.7 Å². The molecule has 0 atom stereocenters. The predicted molar refractivity (Wildman–Crippen MR) is 103 cm³/mol. The highest BCUT2D eigenvalue weighted by Gasteiger charge is 2.13. The van der Waals surface area contributed by atoms with Crippen LogP contribution in [0.4, 0.5) is 0 Å². The van der Waals surface area contributed by atoms with Gasteiger partial charge in [0.15, 0.2) is 17.5 Å². The van der Waals surface area contributed by atoms with Gasteiger partial charge in [-0.25, -0.2) is 4.68 Å². The highest BCUT2D eigenvalue weighted by atomic mass is 16.7. The second kappa shape index (κ2) is 7.82. The number of nitrogens with zero attached hydrogens (tertiary/aromatic N) is 3. The van der Waals surface area contributed by atoms with E-state index in [4.69, 9.17) is 9.47 Å². The molecule has 2 aromatic carbocycles. The van der Waals surface area contributed by atoms with Gasteiger partial charge in [0.05, 0.1) is 5.69 Å². The van der Waals surface area contributed by atoms with Crippen molar-refractivity contribution in [3.05, 3.63) is 72.1 Å². The second-order valence-electron chi connectivity index (χ2n) is 6.09. The number of hydrogen-bond donors (Lipinski definition) is 2. The fourth-order valence-electron chi connectivity index (χ4n) is 2.87. The van der Waals surface area contributed by atoms with Crippen molar-refractivity contribution in [1.29, 1.82) is 0 Å². The van der Waals surface area contributed by atoms with Crippen LogP contribution < -0.4 is 20.1 Å². The first kappa shape index (κ1) is 17.0. The van der Waals surface area contributed by atoms with Crippen molar-refractivity contribution >= 4 is 5.96 Å². The zero-order valence-electron chi connectivity index (χ0n) is 15.1. The van der Waals surface area contributed by atoms with Crippen LogP contribution in [0.2, 0.25) is 0 Å². The maximum Gasteiger partial charge on any atom is 0.231 e. The lowest BCUT2D eigenvalue weighted by molar-refractivity contribution is 0.174. The SMILES string of the molecule is CN=C(NCc1cccc(-n2cccn2)c1)NCc1ccc2c(c1)OCO2. The van der Waals surface area contributed by atoms with Gasteiger partial charge in [-0.05, 0) is 41.5 Å². The molecule has 2 heterocycles. The highest BCUT2D eigenvalue weighted by molar-refractivity contribution is 5.79. The van der Waals surface area contributed by atoms with Gasteiger partial charge in [0.2, 0.25) is 6.79 Å². The molecule has 138 valence electrons. The van der Waals surface area contributed by atoms with Crippen molar-refractivity contribution in [2.75, 3.05) is 13.8 Å². The van der Waals surface area contributed by atoms with Crippen LogP contribution in [0.5, 0.6) is 11.5 Å². The Morgan fingerprint density at radius 1 is 1.04 bits per heavy atom. The van der Waals surface area contributed by atoms with Crippen molar-refractivity contribution in [1.82, 2.24) is 20.4 Å². The average Bonchev–Trinajstić information content (AvgIpc) is 3.40. The molecule has 0 bridgehead atoms. The highest BCUT2D eigenvalue weighted by Crippen LogP contribution is 2.32. The van der Waals surface area contributed by atoms with E-state index in [0.717, 1.165) is 34.3 Å². The molecular formula is C20H21N5O2. The molecule has 1 aromatic heterocycles. The third kappa shape index (κ3) is 4.03. The standard InChI is InChI=1S/C20H21N5O2/c1-21-20(23-13-16-6-7-18-19(11-16)27-14-26-18)22-12-15-4-2-5-17(10-15)25-9-3-8-24-25/h2-11H,12-14H2,1H3,(H2,21,22,23). The maximum absolute atomic E-state index is 5.42. The number of guanidine groups is 1. The molecule has 0 saturated heterocycles. The predicted octanol–water partition coefficient (Wildman–Crippen LogP) is 2.47. The Hall–Kier alpha value is -3.48. The van der Waals surface area contributed by atoms with Crippen molar-refractivity contribution in [3.63, 3.8) is 0 Å². The van der Waals surface area contributed by atoms with Crippen molar-refractivity contribution in [2.24, 2.45) is 4.99 Å². The molecule has 1 aliphatic rings. The van der Waals surface area contributed by atoms with Gasteiger partial charge in [-0.3, -0.25) is 4.99 Å². The zero-order valence-corrected chi connectivity index (χ0v) is 15.1. The Bertz CT molecular complexity index is 937. The van der Waals surface area contributed by atoms with E-state index in [1.54, 1.807) is 13.2 Å². The van der Waals surface area contributed by atoms with Crippen LogP contribution in [0.15, 0.2) is 65.9 Å². The minimum absolute atomic E-state index is 0.285. The number of hydrogen-bond acceptors (Lipinski definition) is 4. The molecule has 0 fully saturated rings. The summed E-state index contributed by atoms with van der Waals surface area (Å²) >= 11 is 0. The summed E-state index contributed by atoms with van der Waals surface area (Å²) in [5.41, 5.74) is 3.28. The number of fused-ring (bicyclic) bond motifs is 1. The minimum atomic E-state index is 0.285. The molecule has 0 amide bonds. The number of nitrogens with one attached hydrogen (secondary N) is 2. The van der Waals surface area contributed by atoms with E-state index >= 15 is 0 Å². The Kier molecular flexibility index (Phi) is 4.91. The summed E-state index contributed by atoms with van der Waals surface area (Å²) in [6, 6.07) is 16.1. The third-order valence-electron chi connectivity index (χ3n) is 4.26. The molecule has 0 aliphatic carbocycles. The summed E-state index contributed by atoms with van der Waals surface area (Å²) in [6.45, 7) is 1.59. The van der Waals surface area contributed by atoms with Crippen molar-refractivity contribution < 1.29 is 9.47 Å². The molecule has 0 saturated carbocycles. The van der Waals surface area contributed by atoms with Gasteiger partial charge in [-0.1, -0.05) is 18.2 Å². The number of benzene rings is 2. The maximum atomic E-state index is 5.42. The van der Waals surface area contributed by atoms with E-state index in [1.807, 2.05) is 47.3 Å². The fourth-order valence-corrected chi connectivity index (χ4v) is 2.87. The summed E-state index contributed by atoms with van der Waals surface area (Å²) in [5.74, 6) is 2.31. The Morgan fingerprint density at radius 3 is 2.63 bits per heavy atom. The van der Waals surface area contributed by atoms with E-state index < -0.39 is 0 Å². The fraction of sp³-hybridized carbons (Fsp3) is 0.200. The lowest BCUT2D eigenvalue weighted by Crippen LogP contribution is -2.36. The number of aliphatic imine (C=N–C) groups is 1. The van der Waals surface area contributed by atoms with E-state index in [9.17, 15) is 0 Å².